The van der Waals surface area contributed by atoms with E-state index in [1.165, 1.54) is 6.21 Å². The molecule has 2 heterocycles. The molecule has 0 aliphatic rings. The van der Waals surface area contributed by atoms with Gasteiger partial charge >= 0.3 is 0 Å². The lowest BCUT2D eigenvalue weighted by atomic mass is 9.97. The summed E-state index contributed by atoms with van der Waals surface area (Å²) >= 11 is 1.59. The van der Waals surface area contributed by atoms with Gasteiger partial charge in [-0.1, -0.05) is 13.3 Å². The van der Waals surface area contributed by atoms with Gasteiger partial charge in [-0.2, -0.15) is 11.3 Å². The number of carbonyl (C=O) groups is 1. The molecule has 0 saturated carbocycles. The zero-order valence-electron chi connectivity index (χ0n) is 19.0. The van der Waals surface area contributed by atoms with E-state index in [0.717, 1.165) is 40.9 Å². The summed E-state index contributed by atoms with van der Waals surface area (Å²) in [6.45, 7) is 8.09. The minimum Gasteiger partial charge on any atom is -0.382 e. The summed E-state index contributed by atoms with van der Waals surface area (Å²) in [6.07, 6.45) is 2.89. The van der Waals surface area contributed by atoms with Gasteiger partial charge in [-0.3, -0.25) is 9.59 Å². The molecule has 2 aromatic heterocycles. The molecule has 32 heavy (non-hydrogen) atoms. The van der Waals surface area contributed by atoms with Gasteiger partial charge in [0.2, 0.25) is 0 Å². The molecule has 0 unspecified atom stereocenters. The van der Waals surface area contributed by atoms with Crippen molar-refractivity contribution < 1.29 is 4.79 Å². The third-order valence-electron chi connectivity index (χ3n) is 5.18. The van der Waals surface area contributed by atoms with Crippen LogP contribution in [0.3, 0.4) is 0 Å². The predicted octanol–water partition coefficient (Wildman–Crippen LogP) is 5.11. The lowest BCUT2D eigenvalue weighted by Gasteiger charge is -2.18. The van der Waals surface area contributed by atoms with Crippen molar-refractivity contribution in [1.82, 2.24) is 10.3 Å². The van der Waals surface area contributed by atoms with Crippen LogP contribution in [0.1, 0.15) is 59.9 Å². The van der Waals surface area contributed by atoms with Gasteiger partial charge in [-0.25, -0.2) is 0 Å². The molecule has 1 amide bonds. The normalized spacial score (nSPS) is 10.9. The quantitative estimate of drug-likeness (QED) is 0.341. The highest BCUT2D eigenvalue weighted by molar-refractivity contribution is 7.08. The van der Waals surface area contributed by atoms with E-state index in [0.29, 0.717) is 16.7 Å². The fourth-order valence-electron chi connectivity index (χ4n) is 3.76. The van der Waals surface area contributed by atoms with E-state index in [-0.39, 0.29) is 24.1 Å². The molecule has 0 aliphatic heterocycles. The molecule has 3 aromatic rings. The lowest BCUT2D eigenvalue weighted by Crippen LogP contribution is -2.29. The van der Waals surface area contributed by atoms with Crippen LogP contribution in [0.15, 0.2) is 39.8 Å². The molecule has 1 aromatic carbocycles. The Kier molecular flexibility index (Phi) is 7.64. The van der Waals surface area contributed by atoms with E-state index in [1.807, 2.05) is 55.8 Å². The first-order chi connectivity index (χ1) is 15.3. The van der Waals surface area contributed by atoms with Crippen molar-refractivity contribution in [2.45, 2.75) is 53.1 Å². The van der Waals surface area contributed by atoms with Gasteiger partial charge in [0.15, 0.2) is 0 Å². The molecular weight excluding hydrogens is 420 g/mol. The van der Waals surface area contributed by atoms with E-state index in [2.05, 4.69) is 22.5 Å². The largest absolute Gasteiger partial charge is 0.382 e. The second-order valence-electron chi connectivity index (χ2n) is 8.16. The third-order valence-corrected chi connectivity index (χ3v) is 5.86. The monoisotopic (exact) mass is 450 g/mol. The van der Waals surface area contributed by atoms with Crippen molar-refractivity contribution in [3.05, 3.63) is 73.3 Å². The van der Waals surface area contributed by atoms with E-state index in [1.54, 1.807) is 11.3 Å². The van der Waals surface area contributed by atoms with Crippen LogP contribution in [0.5, 0.6) is 0 Å². The minimum atomic E-state index is -0.310. The van der Waals surface area contributed by atoms with Crippen LogP contribution in [0.4, 0.5) is 5.69 Å². The smallest absolute Gasteiger partial charge is 0.253 e. The number of pyridine rings is 1. The number of aromatic nitrogens is 1. The summed E-state index contributed by atoms with van der Waals surface area (Å²) in [5.41, 5.74) is 5.78. The number of amides is 1. The number of anilines is 1. The summed E-state index contributed by atoms with van der Waals surface area (Å²) in [5.74, 6) is -0.310. The Hall–Kier alpha value is -3.19. The number of rotatable bonds is 9. The van der Waals surface area contributed by atoms with Crippen LogP contribution in [0.2, 0.25) is 0 Å². The van der Waals surface area contributed by atoms with Gasteiger partial charge in [0.1, 0.15) is 0 Å². The van der Waals surface area contributed by atoms with Crippen molar-refractivity contribution in [1.29, 1.82) is 5.41 Å². The number of H-pyrrole nitrogens is 1. The van der Waals surface area contributed by atoms with Crippen LogP contribution in [0, 0.1) is 12.3 Å². The number of aryl methyl sites for hydroxylation is 2. The summed E-state index contributed by atoms with van der Waals surface area (Å²) in [7, 11) is 0. The number of hydrogen-bond acceptors (Lipinski definition) is 5. The molecule has 0 radical (unpaired) electrons. The van der Waals surface area contributed by atoms with Gasteiger partial charge < -0.3 is 21.0 Å². The Bertz CT molecular complexity index is 1160. The average Bonchev–Trinajstić information content (AvgIpc) is 3.27. The number of hydrogen-bond donors (Lipinski definition) is 4. The van der Waals surface area contributed by atoms with Crippen molar-refractivity contribution in [3.63, 3.8) is 0 Å². The predicted molar refractivity (Wildman–Crippen MR) is 133 cm³/mol. The lowest BCUT2D eigenvalue weighted by molar-refractivity contribution is 0.0950. The van der Waals surface area contributed by atoms with E-state index < -0.39 is 0 Å². The maximum absolute atomic E-state index is 13.3. The maximum Gasteiger partial charge on any atom is 0.253 e. The number of carbonyl (C=O) groups excluding carboxylic acids is 1. The molecule has 7 heteroatoms. The zero-order valence-corrected chi connectivity index (χ0v) is 19.8. The topological polar surface area (TPSA) is 97.8 Å². The second-order valence-corrected chi connectivity index (χ2v) is 8.94. The van der Waals surface area contributed by atoms with Gasteiger partial charge in [0.05, 0.1) is 5.56 Å². The second kappa shape index (κ2) is 10.4. The Morgan fingerprint density at radius 1 is 1.25 bits per heavy atom. The van der Waals surface area contributed by atoms with Crippen molar-refractivity contribution in [2.75, 3.05) is 5.32 Å². The first-order valence-electron chi connectivity index (χ1n) is 10.8. The fraction of sp³-hybridized carbons (Fsp3) is 0.320. The summed E-state index contributed by atoms with van der Waals surface area (Å²) < 4.78 is 0. The first kappa shape index (κ1) is 23.5. The SMILES string of the molecule is CCCc1cc(C)[nH]c(=O)c1CNC(=O)c1cc(-c2ccsc2)cc(NC(C)C)c1C=N. The van der Waals surface area contributed by atoms with Crippen molar-refractivity contribution in [3.8, 4) is 11.1 Å². The summed E-state index contributed by atoms with van der Waals surface area (Å²) in [4.78, 5) is 28.6. The molecule has 168 valence electrons. The molecule has 3 rings (SSSR count). The Morgan fingerprint density at radius 2 is 2.03 bits per heavy atom. The molecular formula is C25H30N4O2S. The van der Waals surface area contributed by atoms with Crippen molar-refractivity contribution in [2.24, 2.45) is 0 Å². The average molecular weight is 451 g/mol. The molecule has 0 spiro atoms. The molecule has 0 saturated heterocycles. The Balaban J connectivity index is 1.98. The highest BCUT2D eigenvalue weighted by Crippen LogP contribution is 2.30. The molecule has 6 nitrogen and oxygen atoms in total. The molecule has 0 fully saturated rings. The third kappa shape index (κ3) is 5.34. The molecule has 0 atom stereocenters. The van der Waals surface area contributed by atoms with Gasteiger partial charge in [0, 0.05) is 41.3 Å². The molecule has 0 aliphatic carbocycles. The number of aromatic amines is 1. The summed E-state index contributed by atoms with van der Waals surface area (Å²) in [6, 6.07) is 7.91. The van der Waals surface area contributed by atoms with Gasteiger partial charge in [0.25, 0.3) is 11.5 Å². The van der Waals surface area contributed by atoms with Gasteiger partial charge in [-0.05, 0) is 78.9 Å². The minimum absolute atomic E-state index is 0.136. The van der Waals surface area contributed by atoms with Crippen LogP contribution < -0.4 is 16.2 Å². The van der Waals surface area contributed by atoms with E-state index >= 15 is 0 Å². The fourth-order valence-corrected chi connectivity index (χ4v) is 4.42. The van der Waals surface area contributed by atoms with E-state index in [9.17, 15) is 9.59 Å². The highest BCUT2D eigenvalue weighted by Gasteiger charge is 2.18. The van der Waals surface area contributed by atoms with Crippen molar-refractivity contribution >= 4 is 29.1 Å². The number of thiophene rings is 1. The maximum atomic E-state index is 13.3. The molecule has 4 N–H and O–H groups in total. The Labute approximate surface area is 192 Å². The standard InChI is InChI=1S/C25H30N4O2S/c1-5-6-17-9-16(4)29-25(31)22(17)13-27-24(30)20-10-19(18-7-8-32-14-18)11-23(21(20)12-26)28-15(2)3/h7-12,14-15,26,28H,5-6,13H2,1-4H3,(H,27,30)(H,29,31). The zero-order chi connectivity index (χ0) is 23.3. The van der Waals surface area contributed by atoms with Crippen LogP contribution in [-0.4, -0.2) is 23.1 Å². The first-order valence-corrected chi connectivity index (χ1v) is 11.8. The Morgan fingerprint density at radius 3 is 2.66 bits per heavy atom. The molecule has 0 bridgehead atoms. The van der Waals surface area contributed by atoms with Gasteiger partial charge in [-0.15, -0.1) is 0 Å². The van der Waals surface area contributed by atoms with Crippen LogP contribution in [-0.2, 0) is 13.0 Å². The van der Waals surface area contributed by atoms with E-state index in [4.69, 9.17) is 5.41 Å². The number of benzene rings is 1. The van der Waals surface area contributed by atoms with Crippen LogP contribution >= 0.6 is 11.3 Å². The van der Waals surface area contributed by atoms with Crippen LogP contribution in [0.25, 0.3) is 11.1 Å². The summed E-state index contributed by atoms with van der Waals surface area (Å²) in [5, 5.41) is 18.2. The highest BCUT2D eigenvalue weighted by atomic mass is 32.1. The number of nitrogens with one attached hydrogen (secondary N) is 4.